The number of carbonyl (C=O) groups is 2. The Bertz CT molecular complexity index is 1420. The lowest BCUT2D eigenvalue weighted by molar-refractivity contribution is -0.677. The summed E-state index contributed by atoms with van der Waals surface area (Å²) in [5.41, 5.74) is 7.01. The van der Waals surface area contributed by atoms with Gasteiger partial charge in [0.2, 0.25) is 30.0 Å². The smallest absolute Gasteiger partial charge is 0.408 e. The van der Waals surface area contributed by atoms with E-state index in [-0.39, 0.29) is 19.2 Å². The van der Waals surface area contributed by atoms with Gasteiger partial charge in [-0.2, -0.15) is 0 Å². The fraction of sp³-hybridized carbons (Fsp3) is 0.500. The maximum absolute atomic E-state index is 12.5. The number of nitrogens with zero attached hydrogens (tertiary/aromatic N) is 4. The topological polar surface area (TPSA) is 149 Å². The Hall–Kier alpha value is -3.26. The first-order valence-electron chi connectivity index (χ1n) is 13.1. The summed E-state index contributed by atoms with van der Waals surface area (Å²) in [7, 11) is 0. The van der Waals surface area contributed by atoms with Crippen molar-refractivity contribution in [2.75, 3.05) is 32.2 Å². The molecule has 0 unspecified atom stereocenters. The Morgan fingerprint density at radius 2 is 2.00 bits per heavy atom. The number of hydrogen-bond acceptors (Lipinski definition) is 9. The fourth-order valence-electron chi connectivity index (χ4n) is 4.64. The van der Waals surface area contributed by atoms with Gasteiger partial charge in [-0.05, 0) is 85.8 Å². The van der Waals surface area contributed by atoms with E-state index in [1.165, 1.54) is 11.8 Å². The molecular formula is C26H33BrN7O5S+. The van der Waals surface area contributed by atoms with E-state index in [1.807, 2.05) is 16.7 Å². The highest BCUT2D eigenvalue weighted by Crippen LogP contribution is 2.42. The Balaban J connectivity index is 1.16. The molecule has 1 saturated heterocycles. The van der Waals surface area contributed by atoms with Gasteiger partial charge in [-0.3, -0.25) is 4.79 Å². The molecule has 4 N–H and O–H groups in total. The first kappa shape index (κ1) is 28.3. The van der Waals surface area contributed by atoms with Crippen molar-refractivity contribution in [1.29, 1.82) is 0 Å². The number of carbonyl (C=O) groups excluding carboxylic acids is 2. The van der Waals surface area contributed by atoms with Crippen molar-refractivity contribution >= 4 is 56.7 Å². The third-order valence-electron chi connectivity index (χ3n) is 6.69. The zero-order valence-corrected chi connectivity index (χ0v) is 25.1. The molecule has 0 atom stereocenters. The maximum atomic E-state index is 12.5. The Kier molecular flexibility index (Phi) is 8.26. The van der Waals surface area contributed by atoms with Crippen LogP contribution < -0.4 is 25.1 Å². The Morgan fingerprint density at radius 1 is 1.27 bits per heavy atom. The van der Waals surface area contributed by atoms with Crippen molar-refractivity contribution in [1.82, 2.24) is 25.2 Å². The number of rotatable bonds is 7. The van der Waals surface area contributed by atoms with Gasteiger partial charge in [0, 0.05) is 22.5 Å². The highest BCUT2D eigenvalue weighted by molar-refractivity contribution is 9.10. The monoisotopic (exact) mass is 634 g/mol. The van der Waals surface area contributed by atoms with Gasteiger partial charge >= 0.3 is 6.09 Å². The number of nitrogens with two attached hydrogens (primary N) is 1. The zero-order chi connectivity index (χ0) is 28.4. The number of nitrogens with one attached hydrogen (secondary N) is 2. The molecular weight excluding hydrogens is 602 g/mol. The second-order valence-corrected chi connectivity index (χ2v) is 12.7. The van der Waals surface area contributed by atoms with Gasteiger partial charge in [-0.25, -0.2) is 9.36 Å². The van der Waals surface area contributed by atoms with Crippen molar-refractivity contribution in [3.63, 3.8) is 0 Å². The number of ether oxygens (including phenoxy) is 3. The van der Waals surface area contributed by atoms with Crippen LogP contribution in [0.15, 0.2) is 33.0 Å². The molecule has 12 nitrogen and oxygen atoms in total. The lowest BCUT2D eigenvalue weighted by Gasteiger charge is -2.32. The molecule has 2 aliphatic heterocycles. The van der Waals surface area contributed by atoms with Crippen molar-refractivity contribution in [2.45, 2.75) is 62.2 Å². The quantitative estimate of drug-likeness (QED) is 0.331. The number of nitrogen functional groups attached to an aromatic ring is 1. The third kappa shape index (κ3) is 6.72. The van der Waals surface area contributed by atoms with Crippen LogP contribution in [-0.4, -0.2) is 63.9 Å². The van der Waals surface area contributed by atoms with Crippen LogP contribution in [0.25, 0.3) is 11.2 Å². The van der Waals surface area contributed by atoms with Crippen LogP contribution in [-0.2, 0) is 16.1 Å². The Labute approximate surface area is 244 Å². The average Bonchev–Trinajstić information content (AvgIpc) is 3.54. The molecule has 0 radical (unpaired) electrons. The van der Waals surface area contributed by atoms with E-state index in [2.05, 4.69) is 31.2 Å². The van der Waals surface area contributed by atoms with Crippen molar-refractivity contribution in [2.24, 2.45) is 5.92 Å². The predicted molar refractivity (Wildman–Crippen MR) is 151 cm³/mol. The van der Waals surface area contributed by atoms with Crippen LogP contribution in [0.5, 0.6) is 11.5 Å². The number of anilines is 1. The molecule has 4 heterocycles. The molecule has 0 saturated carbocycles. The number of aryl methyl sites for hydroxylation is 1. The van der Waals surface area contributed by atoms with E-state index in [9.17, 15) is 9.59 Å². The molecule has 1 fully saturated rings. The number of alkyl carbamates (subject to hydrolysis) is 1. The second-order valence-electron chi connectivity index (χ2n) is 10.8. The zero-order valence-electron chi connectivity index (χ0n) is 22.7. The minimum absolute atomic E-state index is 0.0626. The van der Waals surface area contributed by atoms with Crippen LogP contribution in [0.1, 0.15) is 40.0 Å². The number of amides is 2. The van der Waals surface area contributed by atoms with Crippen LogP contribution in [0, 0.1) is 5.92 Å². The number of hydrogen-bond donors (Lipinski definition) is 3. The number of benzene rings is 1. The van der Waals surface area contributed by atoms with E-state index < -0.39 is 11.7 Å². The number of aromatic amines is 1. The summed E-state index contributed by atoms with van der Waals surface area (Å²) in [6.07, 6.45) is 3.85. The SMILES string of the molecule is CC(C)(C)OC(=O)NCC(=O)N1CCC(CC[n+]2cnc(N)c3[nH]c(Sc4cc5c(cc4Br)OCO5)nc32)CC1. The van der Waals surface area contributed by atoms with E-state index in [4.69, 9.17) is 24.9 Å². The number of likely N-dealkylation sites (tertiary alicyclic amines) is 1. The molecule has 2 aromatic heterocycles. The minimum atomic E-state index is -0.602. The maximum Gasteiger partial charge on any atom is 0.408 e. The van der Waals surface area contributed by atoms with Crippen LogP contribution in [0.4, 0.5) is 10.6 Å². The summed E-state index contributed by atoms with van der Waals surface area (Å²) in [6.45, 7) is 7.55. The highest BCUT2D eigenvalue weighted by Gasteiger charge is 2.26. The molecule has 14 heteroatoms. The van der Waals surface area contributed by atoms with E-state index in [0.717, 1.165) is 40.8 Å². The minimum Gasteiger partial charge on any atom is -0.454 e. The summed E-state index contributed by atoms with van der Waals surface area (Å²) in [6, 6.07) is 3.81. The number of piperidine rings is 1. The predicted octanol–water partition coefficient (Wildman–Crippen LogP) is 3.62. The normalized spacial score (nSPS) is 15.4. The molecule has 3 aromatic rings. The standard InChI is InChI=1S/C26H32BrN7O5S/c1-26(2,3)39-25(36)29-12-20(35)33-7-4-15(5-8-33)6-9-34-13-30-22(28)21-23(34)32-24(31-21)40-19-11-18-17(10-16(19)27)37-14-38-18/h10-11,13,15H,4-9,12,14H2,1-3H3,(H3,28,29,31,32,36)/p+1. The van der Waals surface area contributed by atoms with E-state index in [1.54, 1.807) is 32.0 Å². The molecule has 40 heavy (non-hydrogen) atoms. The first-order valence-corrected chi connectivity index (χ1v) is 14.7. The van der Waals surface area contributed by atoms with Gasteiger partial charge in [0.1, 0.15) is 12.1 Å². The van der Waals surface area contributed by atoms with E-state index in [0.29, 0.717) is 47.0 Å². The number of halogens is 1. The first-order chi connectivity index (χ1) is 19.1. The lowest BCUT2D eigenvalue weighted by atomic mass is 9.93. The summed E-state index contributed by atoms with van der Waals surface area (Å²) in [4.78, 5) is 39.6. The van der Waals surface area contributed by atoms with Crippen molar-refractivity contribution < 1.29 is 28.4 Å². The van der Waals surface area contributed by atoms with Crippen molar-refractivity contribution in [3.8, 4) is 11.5 Å². The van der Waals surface area contributed by atoms with Crippen LogP contribution in [0.2, 0.25) is 0 Å². The molecule has 2 amide bonds. The van der Waals surface area contributed by atoms with Crippen LogP contribution in [0.3, 0.4) is 0 Å². The molecule has 0 spiro atoms. The van der Waals surface area contributed by atoms with Gasteiger partial charge in [0.05, 0.1) is 6.54 Å². The largest absolute Gasteiger partial charge is 0.454 e. The molecule has 0 bridgehead atoms. The molecule has 5 rings (SSSR count). The Morgan fingerprint density at radius 3 is 2.73 bits per heavy atom. The van der Waals surface area contributed by atoms with Gasteiger partial charge in [-0.15, -0.1) is 0 Å². The number of H-pyrrole nitrogens is 1. The van der Waals surface area contributed by atoms with Gasteiger partial charge < -0.3 is 35.1 Å². The van der Waals surface area contributed by atoms with E-state index >= 15 is 0 Å². The van der Waals surface area contributed by atoms with Crippen LogP contribution >= 0.6 is 27.7 Å². The van der Waals surface area contributed by atoms with Gasteiger partial charge in [-0.1, -0.05) is 9.97 Å². The summed E-state index contributed by atoms with van der Waals surface area (Å²) >= 11 is 5.06. The number of imidazole rings is 1. The number of fused-ring (bicyclic) bond motifs is 2. The summed E-state index contributed by atoms with van der Waals surface area (Å²) < 4.78 is 19.0. The third-order valence-corrected chi connectivity index (χ3v) is 8.55. The molecule has 214 valence electrons. The second kappa shape index (κ2) is 11.7. The summed E-state index contributed by atoms with van der Waals surface area (Å²) in [5.74, 6) is 2.16. The lowest BCUT2D eigenvalue weighted by Crippen LogP contribution is -2.45. The molecule has 1 aromatic carbocycles. The van der Waals surface area contributed by atoms with Crippen molar-refractivity contribution in [3.05, 3.63) is 22.9 Å². The molecule has 0 aliphatic carbocycles. The number of aromatic nitrogens is 4. The fourth-order valence-corrected chi connectivity index (χ4v) is 6.02. The highest BCUT2D eigenvalue weighted by atomic mass is 79.9. The van der Waals surface area contributed by atoms with Gasteiger partial charge in [0.15, 0.2) is 17.0 Å². The molecule has 2 aliphatic rings. The van der Waals surface area contributed by atoms with Gasteiger partial charge in [0.25, 0.3) is 5.65 Å². The average molecular weight is 636 g/mol. The summed E-state index contributed by atoms with van der Waals surface area (Å²) in [5, 5.41) is 3.24.